The molecular weight excluding hydrogens is 366 g/mol. The summed E-state index contributed by atoms with van der Waals surface area (Å²) in [5.74, 6) is 1.44. The average molecular weight is 389 g/mol. The number of hydrogen-bond donors (Lipinski definition) is 1. The number of likely N-dealkylation sites (tertiary alicyclic amines) is 1. The van der Waals surface area contributed by atoms with Gasteiger partial charge in [0.15, 0.2) is 11.0 Å². The third-order valence-corrected chi connectivity index (χ3v) is 5.76. The van der Waals surface area contributed by atoms with Crippen molar-refractivity contribution in [2.75, 3.05) is 26.0 Å². The van der Waals surface area contributed by atoms with Gasteiger partial charge in [-0.15, -0.1) is 10.2 Å². The number of nitrogens with zero attached hydrogens (tertiary/aromatic N) is 4. The lowest BCUT2D eigenvalue weighted by Gasteiger charge is -2.30. The number of benzene rings is 1. The first-order valence-electron chi connectivity index (χ1n) is 8.73. The maximum atomic E-state index is 12.4. The number of hydrogen-bond acceptors (Lipinski definition) is 6. The van der Waals surface area contributed by atoms with Crippen LogP contribution < -0.4 is 10.5 Å². The van der Waals surface area contributed by atoms with Crippen LogP contribution >= 0.6 is 11.8 Å². The Kier molecular flexibility index (Phi) is 6.00. The van der Waals surface area contributed by atoms with E-state index >= 15 is 0 Å². The Balaban J connectivity index is 1.58. The Morgan fingerprint density at radius 2 is 1.89 bits per heavy atom. The van der Waals surface area contributed by atoms with Crippen LogP contribution in [0.25, 0.3) is 11.4 Å². The van der Waals surface area contributed by atoms with E-state index < -0.39 is 0 Å². The summed E-state index contributed by atoms with van der Waals surface area (Å²) in [5.41, 5.74) is 6.26. The van der Waals surface area contributed by atoms with Crippen molar-refractivity contribution in [1.82, 2.24) is 19.7 Å². The van der Waals surface area contributed by atoms with Gasteiger partial charge in [0, 0.05) is 31.6 Å². The number of aromatic nitrogens is 3. The summed E-state index contributed by atoms with van der Waals surface area (Å²) in [6, 6.07) is 7.59. The van der Waals surface area contributed by atoms with Gasteiger partial charge in [0.1, 0.15) is 5.75 Å². The van der Waals surface area contributed by atoms with Crippen LogP contribution in [0.15, 0.2) is 29.4 Å². The third-order valence-electron chi connectivity index (χ3n) is 4.76. The lowest BCUT2D eigenvalue weighted by Crippen LogP contribution is -2.42. The molecular formula is C18H23N5O3S. The van der Waals surface area contributed by atoms with Crippen LogP contribution in [0.5, 0.6) is 5.75 Å². The van der Waals surface area contributed by atoms with E-state index in [9.17, 15) is 9.59 Å². The van der Waals surface area contributed by atoms with Crippen molar-refractivity contribution >= 4 is 23.6 Å². The second-order valence-electron chi connectivity index (χ2n) is 6.44. The molecule has 1 aromatic heterocycles. The number of nitrogens with two attached hydrogens (primary N) is 1. The van der Waals surface area contributed by atoms with Crippen LogP contribution in [-0.2, 0) is 16.6 Å². The minimum absolute atomic E-state index is 0.0388. The van der Waals surface area contributed by atoms with Crippen LogP contribution in [0, 0.1) is 5.92 Å². The summed E-state index contributed by atoms with van der Waals surface area (Å²) >= 11 is 1.36. The summed E-state index contributed by atoms with van der Waals surface area (Å²) in [4.78, 5) is 25.4. The van der Waals surface area contributed by atoms with Gasteiger partial charge in [0.2, 0.25) is 11.8 Å². The summed E-state index contributed by atoms with van der Waals surface area (Å²) < 4.78 is 7.04. The molecule has 2 amide bonds. The second-order valence-corrected chi connectivity index (χ2v) is 7.38. The Hall–Kier alpha value is -2.55. The lowest BCUT2D eigenvalue weighted by molar-refractivity contribution is -0.132. The summed E-state index contributed by atoms with van der Waals surface area (Å²) in [6.45, 7) is 1.14. The number of carbonyl (C=O) groups is 2. The van der Waals surface area contributed by atoms with E-state index in [1.54, 1.807) is 12.0 Å². The van der Waals surface area contributed by atoms with E-state index in [2.05, 4.69) is 10.2 Å². The predicted molar refractivity (Wildman–Crippen MR) is 102 cm³/mol. The molecule has 1 aliphatic heterocycles. The Morgan fingerprint density at radius 3 is 2.48 bits per heavy atom. The van der Waals surface area contributed by atoms with Gasteiger partial charge in [-0.3, -0.25) is 9.59 Å². The van der Waals surface area contributed by atoms with Crippen molar-refractivity contribution in [3.05, 3.63) is 24.3 Å². The Bertz CT molecular complexity index is 813. The van der Waals surface area contributed by atoms with Gasteiger partial charge >= 0.3 is 0 Å². The second kappa shape index (κ2) is 8.43. The first-order chi connectivity index (χ1) is 13.0. The monoisotopic (exact) mass is 389 g/mol. The van der Waals surface area contributed by atoms with Crippen LogP contribution in [0.2, 0.25) is 0 Å². The fraction of sp³-hybridized carbons (Fsp3) is 0.444. The van der Waals surface area contributed by atoms with Gasteiger partial charge in [-0.2, -0.15) is 0 Å². The molecule has 0 atom stereocenters. The van der Waals surface area contributed by atoms with Gasteiger partial charge in [0.25, 0.3) is 0 Å². The number of thioether (sulfide) groups is 1. The van der Waals surface area contributed by atoms with Gasteiger partial charge in [-0.05, 0) is 37.1 Å². The molecule has 3 rings (SSSR count). The van der Waals surface area contributed by atoms with E-state index in [1.165, 1.54) is 11.8 Å². The topological polar surface area (TPSA) is 103 Å². The molecule has 2 aromatic rings. The molecule has 1 aromatic carbocycles. The third kappa shape index (κ3) is 4.41. The van der Waals surface area contributed by atoms with Crippen molar-refractivity contribution in [3.8, 4) is 17.1 Å². The zero-order valence-electron chi connectivity index (χ0n) is 15.4. The number of carbonyl (C=O) groups excluding carboxylic acids is 2. The SMILES string of the molecule is COc1ccc(-c2nnc(SCC(=O)N3CCC(C(N)=O)CC3)n2C)cc1. The van der Waals surface area contributed by atoms with Crippen LogP contribution in [-0.4, -0.2) is 57.4 Å². The van der Waals surface area contributed by atoms with E-state index in [4.69, 9.17) is 10.5 Å². The molecule has 0 aliphatic carbocycles. The molecule has 2 N–H and O–H groups in total. The van der Waals surface area contributed by atoms with Crippen molar-refractivity contribution in [2.45, 2.75) is 18.0 Å². The first-order valence-corrected chi connectivity index (χ1v) is 9.72. The van der Waals surface area contributed by atoms with E-state index in [1.807, 2.05) is 35.9 Å². The van der Waals surface area contributed by atoms with Crippen molar-refractivity contribution in [2.24, 2.45) is 18.7 Å². The highest BCUT2D eigenvalue weighted by atomic mass is 32.2. The Labute approximate surface area is 162 Å². The normalized spacial score (nSPS) is 15.0. The molecule has 0 unspecified atom stereocenters. The molecule has 9 heteroatoms. The molecule has 144 valence electrons. The maximum Gasteiger partial charge on any atom is 0.233 e. The minimum atomic E-state index is -0.276. The fourth-order valence-electron chi connectivity index (χ4n) is 3.06. The molecule has 0 saturated carbocycles. The Morgan fingerprint density at radius 1 is 1.22 bits per heavy atom. The van der Waals surface area contributed by atoms with Gasteiger partial charge in [-0.1, -0.05) is 11.8 Å². The summed E-state index contributed by atoms with van der Waals surface area (Å²) in [5, 5.41) is 9.12. The zero-order valence-corrected chi connectivity index (χ0v) is 16.2. The number of piperidine rings is 1. The highest BCUT2D eigenvalue weighted by molar-refractivity contribution is 7.99. The molecule has 8 nitrogen and oxygen atoms in total. The molecule has 0 radical (unpaired) electrons. The average Bonchev–Trinajstić information content (AvgIpc) is 3.06. The number of primary amides is 1. The van der Waals surface area contributed by atoms with E-state index in [-0.39, 0.29) is 23.5 Å². The molecule has 2 heterocycles. The highest BCUT2D eigenvalue weighted by Gasteiger charge is 2.26. The molecule has 0 bridgehead atoms. The predicted octanol–water partition coefficient (Wildman–Crippen LogP) is 1.31. The van der Waals surface area contributed by atoms with E-state index in [0.29, 0.717) is 31.1 Å². The summed E-state index contributed by atoms with van der Waals surface area (Å²) in [6.07, 6.45) is 1.27. The maximum absolute atomic E-state index is 12.4. The van der Waals surface area contributed by atoms with Crippen LogP contribution in [0.1, 0.15) is 12.8 Å². The lowest BCUT2D eigenvalue weighted by atomic mass is 9.96. The van der Waals surface area contributed by atoms with Crippen molar-refractivity contribution < 1.29 is 14.3 Å². The van der Waals surface area contributed by atoms with Crippen molar-refractivity contribution in [1.29, 1.82) is 0 Å². The highest BCUT2D eigenvalue weighted by Crippen LogP contribution is 2.25. The smallest absolute Gasteiger partial charge is 0.233 e. The molecule has 27 heavy (non-hydrogen) atoms. The first kappa shape index (κ1) is 19.2. The largest absolute Gasteiger partial charge is 0.497 e. The standard InChI is InChI=1S/C18H23N5O3S/c1-22-17(13-3-5-14(26-2)6-4-13)20-21-18(22)27-11-15(24)23-9-7-12(8-10-23)16(19)25/h3-6,12H,7-11H2,1-2H3,(H2,19,25). The van der Waals surface area contributed by atoms with E-state index in [0.717, 1.165) is 17.1 Å². The fourth-order valence-corrected chi connectivity index (χ4v) is 3.88. The quantitative estimate of drug-likeness (QED) is 0.747. The zero-order chi connectivity index (χ0) is 19.4. The summed E-state index contributed by atoms with van der Waals surface area (Å²) in [7, 11) is 3.50. The molecule has 1 aliphatic rings. The van der Waals surface area contributed by atoms with Gasteiger partial charge < -0.3 is 19.9 Å². The van der Waals surface area contributed by atoms with Gasteiger partial charge in [-0.25, -0.2) is 0 Å². The van der Waals surface area contributed by atoms with Crippen LogP contribution in [0.4, 0.5) is 0 Å². The number of ether oxygens (including phenoxy) is 1. The number of methoxy groups -OCH3 is 1. The molecule has 1 fully saturated rings. The van der Waals surface area contributed by atoms with Crippen molar-refractivity contribution in [3.63, 3.8) is 0 Å². The minimum Gasteiger partial charge on any atom is -0.497 e. The van der Waals surface area contributed by atoms with Crippen LogP contribution in [0.3, 0.4) is 0 Å². The number of amides is 2. The number of rotatable bonds is 6. The molecule has 0 spiro atoms. The molecule has 1 saturated heterocycles. The van der Waals surface area contributed by atoms with Gasteiger partial charge in [0.05, 0.1) is 12.9 Å².